The molecule has 2 nitrogen and oxygen atoms in total. The van der Waals surface area contributed by atoms with Crippen molar-refractivity contribution in [1.29, 1.82) is 0 Å². The molecule has 0 spiro atoms. The Labute approximate surface area is 287 Å². The lowest BCUT2D eigenvalue weighted by Crippen LogP contribution is -2.13. The zero-order chi connectivity index (χ0) is 35.5. The fraction of sp³-hybridized carbons (Fsp3) is 0.0952. The molecule has 0 aliphatic heterocycles. The Bertz CT molecular complexity index is 2070. The van der Waals surface area contributed by atoms with Gasteiger partial charge >= 0.3 is 12.4 Å². The van der Waals surface area contributed by atoms with Gasteiger partial charge in [-0.25, -0.2) is 0 Å². The molecule has 8 heteroatoms. The van der Waals surface area contributed by atoms with Gasteiger partial charge in [0.2, 0.25) is 0 Å². The highest BCUT2D eigenvalue weighted by molar-refractivity contribution is 5.82. The highest BCUT2D eigenvalue weighted by atomic mass is 19.4. The quantitative estimate of drug-likeness (QED) is 0.117. The van der Waals surface area contributed by atoms with Crippen molar-refractivity contribution < 1.29 is 26.3 Å². The molecule has 0 aliphatic carbocycles. The van der Waals surface area contributed by atoms with Gasteiger partial charge in [0.05, 0.1) is 11.1 Å². The molecule has 0 heterocycles. The van der Waals surface area contributed by atoms with Crippen molar-refractivity contribution in [2.75, 3.05) is 9.80 Å². The van der Waals surface area contributed by atoms with E-state index in [-0.39, 0.29) is 0 Å². The summed E-state index contributed by atoms with van der Waals surface area (Å²) in [4.78, 5) is 4.22. The molecule has 6 aromatic carbocycles. The summed E-state index contributed by atoms with van der Waals surface area (Å²) in [6.45, 7) is 3.08. The van der Waals surface area contributed by atoms with E-state index in [1.165, 1.54) is 6.08 Å². The van der Waals surface area contributed by atoms with E-state index >= 15 is 0 Å². The molecule has 0 aromatic heterocycles. The lowest BCUT2D eigenvalue weighted by Gasteiger charge is -2.28. The summed E-state index contributed by atoms with van der Waals surface area (Å²) in [5, 5.41) is 0. The van der Waals surface area contributed by atoms with E-state index in [1.807, 2.05) is 96.8 Å². The van der Waals surface area contributed by atoms with Crippen molar-refractivity contribution in [3.8, 4) is 0 Å². The number of para-hydroxylation sites is 2. The Morgan fingerprint density at radius 1 is 0.420 bits per heavy atom. The lowest BCUT2D eigenvalue weighted by atomic mass is 9.97. The minimum Gasteiger partial charge on any atom is -0.311 e. The number of nitrogens with zero attached hydrogens (tertiary/aromatic N) is 2. The molecule has 0 atom stereocenters. The van der Waals surface area contributed by atoms with Crippen LogP contribution >= 0.6 is 0 Å². The first-order valence-electron chi connectivity index (χ1n) is 15.8. The number of halogens is 6. The molecule has 0 saturated carbocycles. The molecule has 0 saturated heterocycles. The number of alkyl halides is 6. The van der Waals surface area contributed by atoms with Crippen molar-refractivity contribution in [3.63, 3.8) is 0 Å². The normalized spacial score (nSPS) is 11.9. The maximum absolute atomic E-state index is 13.8. The zero-order valence-electron chi connectivity index (χ0n) is 27.2. The summed E-state index contributed by atoms with van der Waals surface area (Å²) >= 11 is 0. The maximum Gasteiger partial charge on any atom is 0.416 e. The Hall–Kier alpha value is -5.76. The number of rotatable bonds is 8. The van der Waals surface area contributed by atoms with E-state index in [0.717, 1.165) is 52.7 Å². The van der Waals surface area contributed by atoms with Crippen LogP contribution in [0.15, 0.2) is 146 Å². The smallest absolute Gasteiger partial charge is 0.311 e. The second-order valence-corrected chi connectivity index (χ2v) is 11.9. The second-order valence-electron chi connectivity index (χ2n) is 11.9. The SMILES string of the molecule is Cc1ccc(N(c2ccccc2)c2ccc(N(c3ccccc3)c3ccc(C=Cc4cc(C(F)(F)F)c(C)cc4C(F)(F)F)cc3)cc2)cc1. The third-order valence-electron chi connectivity index (χ3n) is 8.30. The first-order chi connectivity index (χ1) is 23.9. The fourth-order valence-corrected chi connectivity index (χ4v) is 5.83. The van der Waals surface area contributed by atoms with Crippen molar-refractivity contribution in [1.82, 2.24) is 0 Å². The number of anilines is 6. The van der Waals surface area contributed by atoms with Crippen molar-refractivity contribution in [2.24, 2.45) is 0 Å². The summed E-state index contributed by atoms with van der Waals surface area (Å²) in [6.07, 6.45) is -7.14. The van der Waals surface area contributed by atoms with Crippen LogP contribution in [0, 0.1) is 13.8 Å². The molecule has 6 rings (SSSR count). The molecule has 0 N–H and O–H groups in total. The van der Waals surface area contributed by atoms with Crippen LogP contribution in [0.1, 0.15) is 33.4 Å². The first kappa shape index (κ1) is 34.1. The third kappa shape index (κ3) is 7.60. The summed E-state index contributed by atoms with van der Waals surface area (Å²) in [5.41, 5.74) is 3.94. The topological polar surface area (TPSA) is 6.48 Å². The van der Waals surface area contributed by atoms with Crippen LogP contribution < -0.4 is 9.80 Å². The van der Waals surface area contributed by atoms with Crippen LogP contribution in [0.3, 0.4) is 0 Å². The van der Waals surface area contributed by atoms with Gasteiger partial charge in [0.1, 0.15) is 0 Å². The average Bonchev–Trinajstić information content (AvgIpc) is 3.10. The van der Waals surface area contributed by atoms with Crippen LogP contribution in [0.4, 0.5) is 60.5 Å². The summed E-state index contributed by atoms with van der Waals surface area (Å²) in [5.74, 6) is 0. The van der Waals surface area contributed by atoms with Crippen molar-refractivity contribution in [2.45, 2.75) is 26.2 Å². The second kappa shape index (κ2) is 14.0. The largest absolute Gasteiger partial charge is 0.416 e. The van der Waals surface area contributed by atoms with Gasteiger partial charge < -0.3 is 9.80 Å². The van der Waals surface area contributed by atoms with Gasteiger partial charge in [0.15, 0.2) is 0 Å². The number of benzene rings is 6. The van der Waals surface area contributed by atoms with E-state index in [0.29, 0.717) is 17.7 Å². The van der Waals surface area contributed by atoms with Gasteiger partial charge in [-0.2, -0.15) is 26.3 Å². The molecule has 50 heavy (non-hydrogen) atoms. The van der Waals surface area contributed by atoms with E-state index in [9.17, 15) is 26.3 Å². The number of hydrogen-bond donors (Lipinski definition) is 0. The number of aryl methyl sites for hydroxylation is 2. The third-order valence-corrected chi connectivity index (χ3v) is 8.30. The highest BCUT2D eigenvalue weighted by Crippen LogP contribution is 2.41. The monoisotopic (exact) mass is 678 g/mol. The molecule has 0 fully saturated rings. The van der Waals surface area contributed by atoms with E-state index in [4.69, 9.17) is 0 Å². The van der Waals surface area contributed by atoms with Gasteiger partial charge in [-0.3, -0.25) is 0 Å². The Morgan fingerprint density at radius 3 is 1.22 bits per heavy atom. The molecule has 0 amide bonds. The molecule has 0 bridgehead atoms. The fourth-order valence-electron chi connectivity index (χ4n) is 5.83. The standard InChI is InChI=1S/C42H32F6N2/c1-29-13-19-35(20-14-29)49(33-9-5-3-6-10-33)37-23-25-38(26-24-37)50(34-11-7-4-8-12-34)36-21-16-31(17-22-36)15-18-32-28-39(41(43,44)45)30(2)27-40(32)42(46,47)48/h3-28H,1-2H3. The minimum atomic E-state index is -4.82. The van der Waals surface area contributed by atoms with Gasteiger partial charge in [-0.1, -0.05) is 78.4 Å². The molecular formula is C42H32F6N2. The summed E-state index contributed by atoms with van der Waals surface area (Å²) in [7, 11) is 0. The molecule has 0 aliphatic rings. The molecule has 0 radical (unpaired) electrons. The van der Waals surface area contributed by atoms with E-state index in [2.05, 4.69) is 41.3 Å². The van der Waals surface area contributed by atoms with Crippen LogP contribution in [-0.2, 0) is 12.4 Å². The molecule has 0 unspecified atom stereocenters. The van der Waals surface area contributed by atoms with Crippen LogP contribution in [0.25, 0.3) is 12.2 Å². The predicted molar refractivity (Wildman–Crippen MR) is 191 cm³/mol. The molecular weight excluding hydrogens is 646 g/mol. The van der Waals surface area contributed by atoms with Gasteiger partial charge in [-0.15, -0.1) is 0 Å². The van der Waals surface area contributed by atoms with Crippen LogP contribution in [-0.4, -0.2) is 0 Å². The maximum atomic E-state index is 13.8. The van der Waals surface area contributed by atoms with Crippen LogP contribution in [0.5, 0.6) is 0 Å². The van der Waals surface area contributed by atoms with E-state index in [1.54, 1.807) is 12.1 Å². The summed E-state index contributed by atoms with van der Waals surface area (Å²) in [6, 6.07) is 44.4. The summed E-state index contributed by atoms with van der Waals surface area (Å²) < 4.78 is 82.0. The number of hydrogen-bond acceptors (Lipinski definition) is 2. The first-order valence-corrected chi connectivity index (χ1v) is 15.8. The van der Waals surface area contributed by atoms with Crippen molar-refractivity contribution in [3.05, 3.63) is 179 Å². The van der Waals surface area contributed by atoms with Crippen molar-refractivity contribution >= 4 is 46.3 Å². The molecule has 6 aromatic rings. The Kier molecular flexibility index (Phi) is 9.55. The molecule has 252 valence electrons. The Morgan fingerprint density at radius 2 is 0.800 bits per heavy atom. The lowest BCUT2D eigenvalue weighted by molar-refractivity contribution is -0.141. The predicted octanol–water partition coefficient (Wildman–Crippen LogP) is 13.5. The zero-order valence-corrected chi connectivity index (χ0v) is 27.2. The van der Waals surface area contributed by atoms with E-state index < -0.39 is 34.6 Å². The van der Waals surface area contributed by atoms with Gasteiger partial charge in [-0.05, 0) is 115 Å². The minimum absolute atomic E-state index is 0.483. The van der Waals surface area contributed by atoms with Gasteiger partial charge in [0, 0.05) is 34.1 Å². The average molecular weight is 679 g/mol. The Balaban J connectivity index is 1.34. The van der Waals surface area contributed by atoms with Gasteiger partial charge in [0.25, 0.3) is 0 Å². The highest BCUT2D eigenvalue weighted by Gasteiger charge is 2.38. The van der Waals surface area contributed by atoms with Crippen LogP contribution in [0.2, 0.25) is 0 Å².